The lowest BCUT2D eigenvalue weighted by molar-refractivity contribution is 0.104. The van der Waals surface area contributed by atoms with E-state index in [1.165, 1.54) is 0 Å². The fourth-order valence-electron chi connectivity index (χ4n) is 2.02. The monoisotopic (exact) mass is 266 g/mol. The number of hydrogen-bond donors (Lipinski definition) is 2. The highest BCUT2D eigenvalue weighted by molar-refractivity contribution is 5.67. The summed E-state index contributed by atoms with van der Waals surface area (Å²) >= 11 is 0. The fraction of sp³-hybridized carbons (Fsp3) is 0.692. The Morgan fingerprint density at radius 3 is 2.84 bits per heavy atom. The van der Waals surface area contributed by atoms with Crippen LogP contribution >= 0.6 is 0 Å². The second-order valence-electron chi connectivity index (χ2n) is 4.88. The number of rotatable bonds is 5. The zero-order valence-electron chi connectivity index (χ0n) is 11.8. The molecule has 1 aliphatic rings. The molecule has 0 aliphatic carbocycles. The van der Waals surface area contributed by atoms with E-state index in [9.17, 15) is 0 Å². The van der Waals surface area contributed by atoms with Crippen LogP contribution in [-0.2, 0) is 4.74 Å². The van der Waals surface area contributed by atoms with Crippen LogP contribution in [0.5, 0.6) is 5.88 Å². The number of anilines is 2. The van der Waals surface area contributed by atoms with Crippen LogP contribution in [0.3, 0.4) is 0 Å². The minimum atomic E-state index is -0.0486. The summed E-state index contributed by atoms with van der Waals surface area (Å²) < 4.78 is 11.1. The molecule has 1 aliphatic heterocycles. The number of nitrogens with zero attached hydrogens (tertiary/aromatic N) is 2. The molecule has 1 aromatic rings. The van der Waals surface area contributed by atoms with E-state index in [0.29, 0.717) is 29.8 Å². The molecule has 1 aromatic heterocycles. The van der Waals surface area contributed by atoms with E-state index in [2.05, 4.69) is 15.3 Å². The molecule has 0 amide bonds. The summed E-state index contributed by atoms with van der Waals surface area (Å²) in [6, 6.07) is 0.240. The van der Waals surface area contributed by atoms with Crippen LogP contribution in [0.15, 0.2) is 0 Å². The maximum Gasteiger partial charge on any atom is 0.242 e. The third-order valence-corrected chi connectivity index (χ3v) is 2.85. The Kier molecular flexibility index (Phi) is 4.42. The first-order chi connectivity index (χ1) is 9.11. The van der Waals surface area contributed by atoms with Crippen molar-refractivity contribution in [2.75, 3.05) is 24.3 Å². The predicted molar refractivity (Wildman–Crippen MR) is 74.3 cm³/mol. The number of nitrogen functional groups attached to an aromatic ring is 1. The van der Waals surface area contributed by atoms with E-state index >= 15 is 0 Å². The van der Waals surface area contributed by atoms with Crippen molar-refractivity contribution >= 4 is 11.5 Å². The SMILES string of the molecule is CCOc1nc(C2CCCO2)nc(NC(C)C)c1N. The van der Waals surface area contributed by atoms with Crippen LogP contribution in [0.1, 0.15) is 45.5 Å². The van der Waals surface area contributed by atoms with Gasteiger partial charge in [0, 0.05) is 12.6 Å². The van der Waals surface area contributed by atoms with Crippen molar-refractivity contribution in [3.05, 3.63) is 5.82 Å². The fourth-order valence-corrected chi connectivity index (χ4v) is 2.02. The molecule has 3 N–H and O–H groups in total. The zero-order chi connectivity index (χ0) is 13.8. The van der Waals surface area contributed by atoms with E-state index in [4.69, 9.17) is 15.2 Å². The molecule has 1 atom stereocenters. The lowest BCUT2D eigenvalue weighted by atomic mass is 10.2. The van der Waals surface area contributed by atoms with Gasteiger partial charge in [0.1, 0.15) is 11.8 Å². The highest BCUT2D eigenvalue weighted by Gasteiger charge is 2.24. The summed E-state index contributed by atoms with van der Waals surface area (Å²) in [6.45, 7) is 7.26. The maximum absolute atomic E-state index is 6.03. The normalized spacial score (nSPS) is 18.8. The molecule has 6 heteroatoms. The average molecular weight is 266 g/mol. The van der Waals surface area contributed by atoms with Gasteiger partial charge in [-0.05, 0) is 33.6 Å². The van der Waals surface area contributed by atoms with Crippen molar-refractivity contribution in [2.24, 2.45) is 0 Å². The summed E-state index contributed by atoms with van der Waals surface area (Å²) in [7, 11) is 0. The highest BCUT2D eigenvalue weighted by atomic mass is 16.5. The molecule has 0 radical (unpaired) electrons. The first-order valence-electron chi connectivity index (χ1n) is 6.80. The molecule has 2 rings (SSSR count). The third-order valence-electron chi connectivity index (χ3n) is 2.85. The lowest BCUT2D eigenvalue weighted by Crippen LogP contribution is -2.16. The zero-order valence-corrected chi connectivity index (χ0v) is 11.8. The van der Waals surface area contributed by atoms with Gasteiger partial charge in [-0.25, -0.2) is 4.98 Å². The Morgan fingerprint density at radius 1 is 1.47 bits per heavy atom. The minimum Gasteiger partial charge on any atom is -0.476 e. The van der Waals surface area contributed by atoms with Crippen LogP contribution in [0.2, 0.25) is 0 Å². The van der Waals surface area contributed by atoms with Crippen molar-refractivity contribution in [3.63, 3.8) is 0 Å². The van der Waals surface area contributed by atoms with Gasteiger partial charge in [-0.3, -0.25) is 0 Å². The van der Waals surface area contributed by atoms with Crippen LogP contribution in [0, 0.1) is 0 Å². The van der Waals surface area contributed by atoms with E-state index in [1.54, 1.807) is 0 Å². The standard InChI is InChI=1S/C13H22N4O2/c1-4-18-13-10(14)12(15-8(2)3)16-11(17-13)9-6-5-7-19-9/h8-9H,4-7,14H2,1-3H3,(H,15,16,17). The molecule has 1 fully saturated rings. The smallest absolute Gasteiger partial charge is 0.242 e. The second-order valence-corrected chi connectivity index (χ2v) is 4.88. The molecule has 0 aromatic carbocycles. The number of nitrogens with two attached hydrogens (primary N) is 1. The van der Waals surface area contributed by atoms with Gasteiger partial charge in [-0.15, -0.1) is 0 Å². The van der Waals surface area contributed by atoms with Gasteiger partial charge in [0.2, 0.25) is 5.88 Å². The van der Waals surface area contributed by atoms with Crippen molar-refractivity contribution in [1.29, 1.82) is 0 Å². The summed E-state index contributed by atoms with van der Waals surface area (Å²) in [4.78, 5) is 8.87. The molecule has 0 saturated carbocycles. The first kappa shape index (κ1) is 13.9. The molecule has 1 saturated heterocycles. The quantitative estimate of drug-likeness (QED) is 0.849. The Hall–Kier alpha value is -1.56. The van der Waals surface area contributed by atoms with Crippen molar-refractivity contribution < 1.29 is 9.47 Å². The number of nitrogens with one attached hydrogen (secondary N) is 1. The predicted octanol–water partition coefficient (Wildman–Crippen LogP) is 2.13. The first-order valence-corrected chi connectivity index (χ1v) is 6.80. The van der Waals surface area contributed by atoms with E-state index in [1.807, 2.05) is 20.8 Å². The van der Waals surface area contributed by atoms with Gasteiger partial charge >= 0.3 is 0 Å². The molecular weight excluding hydrogens is 244 g/mol. The van der Waals surface area contributed by atoms with Crippen LogP contribution in [-0.4, -0.2) is 29.2 Å². The van der Waals surface area contributed by atoms with Crippen molar-refractivity contribution in [3.8, 4) is 5.88 Å². The summed E-state index contributed by atoms with van der Waals surface area (Å²) in [5.74, 6) is 1.71. The molecule has 0 spiro atoms. The maximum atomic E-state index is 6.03. The molecule has 6 nitrogen and oxygen atoms in total. The highest BCUT2D eigenvalue weighted by Crippen LogP contribution is 2.32. The third kappa shape index (κ3) is 3.26. The Bertz CT molecular complexity index is 431. The largest absolute Gasteiger partial charge is 0.476 e. The Morgan fingerprint density at radius 2 is 2.26 bits per heavy atom. The van der Waals surface area contributed by atoms with Crippen LogP contribution < -0.4 is 15.8 Å². The molecule has 106 valence electrons. The number of ether oxygens (including phenoxy) is 2. The second kappa shape index (κ2) is 6.06. The molecule has 0 bridgehead atoms. The molecular formula is C13H22N4O2. The van der Waals surface area contributed by atoms with Gasteiger partial charge in [0.25, 0.3) is 0 Å². The van der Waals surface area contributed by atoms with Gasteiger partial charge < -0.3 is 20.5 Å². The number of hydrogen-bond acceptors (Lipinski definition) is 6. The van der Waals surface area contributed by atoms with Crippen molar-refractivity contribution in [2.45, 2.75) is 45.8 Å². The number of aromatic nitrogens is 2. The summed E-state index contributed by atoms with van der Waals surface area (Å²) in [5.41, 5.74) is 6.49. The van der Waals surface area contributed by atoms with Gasteiger partial charge in [0.15, 0.2) is 11.6 Å². The Labute approximate surface area is 113 Å². The van der Waals surface area contributed by atoms with Gasteiger partial charge in [-0.2, -0.15) is 4.98 Å². The molecule has 2 heterocycles. The lowest BCUT2D eigenvalue weighted by Gasteiger charge is -2.17. The topological polar surface area (TPSA) is 82.3 Å². The molecule has 19 heavy (non-hydrogen) atoms. The Balaban J connectivity index is 2.34. The van der Waals surface area contributed by atoms with E-state index in [-0.39, 0.29) is 12.1 Å². The van der Waals surface area contributed by atoms with Crippen LogP contribution in [0.25, 0.3) is 0 Å². The van der Waals surface area contributed by atoms with Crippen LogP contribution in [0.4, 0.5) is 11.5 Å². The van der Waals surface area contributed by atoms with Gasteiger partial charge in [-0.1, -0.05) is 0 Å². The minimum absolute atomic E-state index is 0.0486. The van der Waals surface area contributed by atoms with E-state index < -0.39 is 0 Å². The van der Waals surface area contributed by atoms with Crippen molar-refractivity contribution in [1.82, 2.24) is 9.97 Å². The average Bonchev–Trinajstić information content (AvgIpc) is 2.87. The summed E-state index contributed by atoms with van der Waals surface area (Å²) in [6.07, 6.45) is 1.93. The van der Waals surface area contributed by atoms with Gasteiger partial charge in [0.05, 0.1) is 6.61 Å². The summed E-state index contributed by atoms with van der Waals surface area (Å²) in [5, 5.41) is 3.22. The molecule has 1 unspecified atom stereocenters. The van der Waals surface area contributed by atoms with E-state index in [0.717, 1.165) is 19.4 Å².